The summed E-state index contributed by atoms with van der Waals surface area (Å²) in [6.07, 6.45) is 0. The molecule has 21 heteroatoms. The van der Waals surface area contributed by atoms with E-state index >= 15 is 0 Å². The van der Waals surface area contributed by atoms with Crippen LogP contribution in [0.15, 0.2) is 0 Å². The van der Waals surface area contributed by atoms with Gasteiger partial charge < -0.3 is 51.8 Å². The van der Waals surface area contributed by atoms with Crippen molar-refractivity contribution >= 4 is 32.5 Å². The lowest BCUT2D eigenvalue weighted by molar-refractivity contribution is -0.0399. The van der Waals surface area contributed by atoms with Crippen LogP contribution in [-0.4, -0.2) is 35.7 Å². The van der Waals surface area contributed by atoms with Crippen molar-refractivity contribution in [2.75, 3.05) is 0 Å². The standard InChI is InChI=1S/CHF3O2S.3BF4/c2-1(3,4)7(5)6;3*2-1(3,4)5/h7H;;;/q;3*-1. The number of hydrogen-bond acceptors (Lipinski definition) is 2. The number of alkyl halides is 3. The molecule has 0 unspecified atom stereocenters. The lowest BCUT2D eigenvalue weighted by Crippen LogP contribution is -2.07. The van der Waals surface area contributed by atoms with Crippen molar-refractivity contribution in [1.82, 2.24) is 0 Å². The van der Waals surface area contributed by atoms with Crippen LogP contribution in [0.25, 0.3) is 0 Å². The highest BCUT2D eigenvalue weighted by molar-refractivity contribution is 7.73. The Morgan fingerprint density at radius 2 is 0.545 bits per heavy atom. The number of halogens is 15. The predicted octanol–water partition coefficient (Wildman–Crippen LogP) is 4.02. The average molecular weight is 394 g/mol. The van der Waals surface area contributed by atoms with Crippen molar-refractivity contribution in [1.29, 1.82) is 0 Å². The maximum atomic E-state index is 10.6. The van der Waals surface area contributed by atoms with E-state index in [0.29, 0.717) is 0 Å². The molecule has 140 valence electrons. The zero-order chi connectivity index (χ0) is 19.6. The third kappa shape index (κ3) is 241. The zero-order valence-electron chi connectivity index (χ0n) is 9.17. The quantitative estimate of drug-likeness (QED) is 0.383. The lowest BCUT2D eigenvalue weighted by atomic mass is 10.3. The Labute approximate surface area is 112 Å². The van der Waals surface area contributed by atoms with Crippen LogP contribution in [0.5, 0.6) is 0 Å². The summed E-state index contributed by atoms with van der Waals surface area (Å²) in [5.74, 6) is 0. The summed E-state index contributed by atoms with van der Waals surface area (Å²) in [6.45, 7) is 0. The second kappa shape index (κ2) is 10.8. The summed E-state index contributed by atoms with van der Waals surface area (Å²) in [5.41, 5.74) is -5.05. The molecule has 0 spiro atoms. The lowest BCUT2D eigenvalue weighted by Gasteiger charge is -1.94. The maximum absolute atomic E-state index is 10.6. The second-order valence-electron chi connectivity index (χ2n) is 2.21. The fourth-order valence-corrected chi connectivity index (χ4v) is 0. The van der Waals surface area contributed by atoms with E-state index in [4.69, 9.17) is 8.42 Å². The maximum Gasteiger partial charge on any atom is 0.673 e. The minimum Gasteiger partial charge on any atom is -0.418 e. The molecule has 0 aliphatic carbocycles. The molecule has 0 aromatic heterocycles. The van der Waals surface area contributed by atoms with E-state index in [0.717, 1.165) is 0 Å². The summed E-state index contributed by atoms with van der Waals surface area (Å²) in [5, 5.41) is 0. The highest BCUT2D eigenvalue weighted by Gasteiger charge is 2.31. The van der Waals surface area contributed by atoms with Gasteiger partial charge in [-0.25, -0.2) is 8.42 Å². The Hall–Kier alpha value is -0.905. The van der Waals surface area contributed by atoms with Crippen LogP contribution in [0.4, 0.5) is 65.0 Å². The first kappa shape index (κ1) is 29.1. The summed E-state index contributed by atoms with van der Waals surface area (Å²) in [4.78, 5) is 0. The SMILES string of the molecule is F[B-](F)(F)F.F[B-](F)(F)F.F[B-](F)(F)F.O=[SH](=O)C(F)(F)F. The average Bonchev–Trinajstić information content (AvgIpc) is 1.89. The summed E-state index contributed by atoms with van der Waals surface area (Å²) in [6, 6.07) is 0. The zero-order valence-corrected chi connectivity index (χ0v) is 10.1. The van der Waals surface area contributed by atoms with Crippen molar-refractivity contribution in [3.63, 3.8) is 0 Å². The molecular formula is CHB3F15O2S-3. The molecule has 0 aliphatic heterocycles. The molecule has 0 saturated heterocycles. The van der Waals surface area contributed by atoms with Gasteiger partial charge in [0, 0.05) is 0 Å². The van der Waals surface area contributed by atoms with Gasteiger partial charge in [0.2, 0.25) is 10.7 Å². The Balaban J connectivity index is -0.0000000995. The van der Waals surface area contributed by atoms with Crippen molar-refractivity contribution in [3.8, 4) is 0 Å². The molecule has 0 N–H and O–H groups in total. The van der Waals surface area contributed by atoms with Crippen LogP contribution < -0.4 is 0 Å². The molecule has 0 heterocycles. The van der Waals surface area contributed by atoms with Gasteiger partial charge in [0.1, 0.15) is 0 Å². The van der Waals surface area contributed by atoms with Gasteiger partial charge in [-0.15, -0.1) is 0 Å². The molecule has 0 radical (unpaired) electrons. The van der Waals surface area contributed by atoms with Gasteiger partial charge in [0.15, 0.2) is 0 Å². The van der Waals surface area contributed by atoms with Gasteiger partial charge in [-0.05, 0) is 0 Å². The smallest absolute Gasteiger partial charge is 0.418 e. The number of hydrogen-bond donors (Lipinski definition) is 1. The topological polar surface area (TPSA) is 34.1 Å². The van der Waals surface area contributed by atoms with Crippen molar-refractivity contribution in [2.24, 2.45) is 0 Å². The van der Waals surface area contributed by atoms with Crippen molar-refractivity contribution in [2.45, 2.75) is 5.51 Å². The predicted molar refractivity (Wildman–Crippen MR) is 46.9 cm³/mol. The number of thiol groups is 1. The van der Waals surface area contributed by atoms with Gasteiger partial charge in [-0.1, -0.05) is 0 Å². The third-order valence-electron chi connectivity index (χ3n) is 0.207. The highest BCUT2D eigenvalue weighted by Crippen LogP contribution is 2.13. The van der Waals surface area contributed by atoms with Gasteiger partial charge in [-0.2, -0.15) is 13.2 Å². The van der Waals surface area contributed by atoms with Gasteiger partial charge in [0.05, 0.1) is 0 Å². The van der Waals surface area contributed by atoms with Crippen LogP contribution in [0.3, 0.4) is 0 Å². The van der Waals surface area contributed by atoms with E-state index in [-0.39, 0.29) is 0 Å². The molecule has 0 bridgehead atoms. The van der Waals surface area contributed by atoms with Crippen LogP contribution in [0, 0.1) is 0 Å². The molecule has 0 aromatic rings. The highest BCUT2D eigenvalue weighted by atomic mass is 32.2. The molecule has 0 atom stereocenters. The fraction of sp³-hybridized carbons (Fsp3) is 1.00. The first-order valence-electron chi connectivity index (χ1n) is 3.77. The minimum atomic E-state index is -6.00. The molecule has 0 fully saturated rings. The normalized spacial score (nSPS) is 12.2. The fourth-order valence-electron chi connectivity index (χ4n) is 0. The van der Waals surface area contributed by atoms with Gasteiger partial charge in [-0.3, -0.25) is 0 Å². The summed E-state index contributed by atoms with van der Waals surface area (Å²) >= 11 is 0. The third-order valence-corrected chi connectivity index (χ3v) is 0.621. The molecule has 0 saturated carbocycles. The Morgan fingerprint density at radius 1 is 0.500 bits per heavy atom. The minimum absolute atomic E-state index is 4.24. The van der Waals surface area contributed by atoms with Crippen LogP contribution in [0.1, 0.15) is 0 Å². The van der Waals surface area contributed by atoms with Crippen molar-refractivity contribution < 1.29 is 73.4 Å². The summed E-state index contributed by atoms with van der Waals surface area (Å²) in [7, 11) is -22.2. The summed E-state index contributed by atoms with van der Waals surface area (Å²) < 4.78 is 167. The first-order chi connectivity index (χ1) is 8.94. The van der Waals surface area contributed by atoms with Gasteiger partial charge >= 0.3 is 27.3 Å². The van der Waals surface area contributed by atoms with Crippen LogP contribution >= 0.6 is 0 Å². The van der Waals surface area contributed by atoms with E-state index in [2.05, 4.69) is 0 Å². The van der Waals surface area contributed by atoms with Crippen LogP contribution in [-0.2, 0) is 10.7 Å². The Kier molecular flexibility index (Phi) is 14.3. The van der Waals surface area contributed by atoms with E-state index in [1.807, 2.05) is 0 Å². The van der Waals surface area contributed by atoms with E-state index in [9.17, 15) is 65.0 Å². The number of rotatable bonds is 0. The molecular weight excluding hydrogens is 393 g/mol. The van der Waals surface area contributed by atoms with Gasteiger partial charge in [0.25, 0.3) is 0 Å². The van der Waals surface area contributed by atoms with E-state index in [1.54, 1.807) is 0 Å². The second-order valence-corrected chi connectivity index (χ2v) is 3.23. The van der Waals surface area contributed by atoms with Crippen LogP contribution in [0.2, 0.25) is 0 Å². The molecule has 22 heavy (non-hydrogen) atoms. The Morgan fingerprint density at radius 3 is 0.545 bits per heavy atom. The largest absolute Gasteiger partial charge is 0.673 e. The monoisotopic (exact) mass is 395 g/mol. The van der Waals surface area contributed by atoms with Crippen molar-refractivity contribution in [3.05, 3.63) is 0 Å². The Bertz CT molecular complexity index is 276. The van der Waals surface area contributed by atoms with E-state index in [1.165, 1.54) is 0 Å². The molecule has 0 amide bonds. The molecule has 2 nitrogen and oxygen atoms in total. The molecule has 0 rings (SSSR count). The molecule has 0 aliphatic rings. The van der Waals surface area contributed by atoms with E-state index < -0.39 is 38.0 Å². The first-order valence-corrected chi connectivity index (χ1v) is 4.95. The molecule has 0 aromatic carbocycles.